The number of benzene rings is 2. The minimum Gasteiger partial charge on any atom is -0.509 e. The van der Waals surface area contributed by atoms with Crippen molar-refractivity contribution in [3.05, 3.63) is 53.6 Å². The van der Waals surface area contributed by atoms with Crippen molar-refractivity contribution in [3.8, 4) is 11.5 Å². The molecule has 0 aromatic heterocycles. The van der Waals surface area contributed by atoms with Gasteiger partial charge in [0.25, 0.3) is 10.0 Å². The number of ether oxygens (including phenoxy) is 1. The van der Waals surface area contributed by atoms with Gasteiger partial charge in [-0.15, -0.1) is 4.40 Å². The molecule has 1 aliphatic rings. The van der Waals surface area contributed by atoms with Crippen molar-refractivity contribution in [1.29, 1.82) is 0 Å². The Labute approximate surface area is 175 Å². The van der Waals surface area contributed by atoms with E-state index in [1.807, 2.05) is 13.8 Å². The van der Waals surface area contributed by atoms with Crippen LogP contribution in [0.15, 0.2) is 56.9 Å². The lowest BCUT2D eigenvalue weighted by molar-refractivity contribution is 0.279. The second-order valence-electron chi connectivity index (χ2n) is 6.96. The molecular formula is C19H22BN3O6S. The van der Waals surface area contributed by atoms with Crippen LogP contribution in [0.2, 0.25) is 0 Å². The third kappa shape index (κ3) is 4.81. The lowest BCUT2D eigenvalue weighted by atomic mass is 10.1. The number of methoxy groups -OCH3 is 1. The van der Waals surface area contributed by atoms with Gasteiger partial charge in [0.05, 0.1) is 13.3 Å². The molecule has 30 heavy (non-hydrogen) atoms. The zero-order chi connectivity index (χ0) is 21.9. The van der Waals surface area contributed by atoms with E-state index in [9.17, 15) is 8.42 Å². The summed E-state index contributed by atoms with van der Waals surface area (Å²) in [7, 11) is -4.30. The predicted molar refractivity (Wildman–Crippen MR) is 113 cm³/mol. The largest absolute Gasteiger partial charge is 0.707 e. The number of sulfonamides is 1. The van der Waals surface area contributed by atoms with Crippen LogP contribution in [0.3, 0.4) is 0 Å². The molecule has 158 valence electrons. The van der Waals surface area contributed by atoms with Crippen LogP contribution in [0.5, 0.6) is 11.5 Å². The van der Waals surface area contributed by atoms with Crippen molar-refractivity contribution >= 4 is 29.4 Å². The third-order valence-electron chi connectivity index (χ3n) is 4.16. The summed E-state index contributed by atoms with van der Waals surface area (Å²) in [6.45, 7) is 4.44. The first-order valence-corrected chi connectivity index (χ1v) is 10.6. The molecule has 1 aliphatic heterocycles. The Bertz CT molecular complexity index is 1090. The Morgan fingerprint density at radius 2 is 1.93 bits per heavy atom. The molecule has 0 bridgehead atoms. The first-order valence-electron chi connectivity index (χ1n) is 9.18. The molecule has 0 aliphatic carbocycles. The number of nitrogens with zero attached hydrogens (tertiary/aromatic N) is 3. The van der Waals surface area contributed by atoms with Gasteiger partial charge < -0.3 is 19.4 Å². The Kier molecular flexibility index (Phi) is 6.44. The van der Waals surface area contributed by atoms with Crippen molar-refractivity contribution in [2.24, 2.45) is 15.4 Å². The van der Waals surface area contributed by atoms with Gasteiger partial charge in [-0.05, 0) is 41.8 Å². The number of hydrogen-bond donors (Lipinski definition) is 2. The van der Waals surface area contributed by atoms with Crippen LogP contribution in [0.25, 0.3) is 0 Å². The fourth-order valence-electron chi connectivity index (χ4n) is 2.92. The molecule has 2 aromatic rings. The number of hydrazone groups is 1. The molecule has 0 radical (unpaired) electrons. The second-order valence-corrected chi connectivity index (χ2v) is 8.53. The second kappa shape index (κ2) is 8.86. The first kappa shape index (κ1) is 21.8. The van der Waals surface area contributed by atoms with Crippen LogP contribution in [-0.2, 0) is 10.0 Å². The van der Waals surface area contributed by atoms with E-state index in [2.05, 4.69) is 9.50 Å². The molecule has 3 rings (SSSR count). The van der Waals surface area contributed by atoms with Crippen molar-refractivity contribution < 1.29 is 27.9 Å². The fourth-order valence-corrected chi connectivity index (χ4v) is 4.13. The number of rotatable bonds is 7. The summed E-state index contributed by atoms with van der Waals surface area (Å²) in [6, 6.07) is 11.4. The average molecular weight is 431 g/mol. The van der Waals surface area contributed by atoms with Gasteiger partial charge in [0.1, 0.15) is 10.6 Å². The van der Waals surface area contributed by atoms with E-state index in [0.717, 1.165) is 0 Å². The van der Waals surface area contributed by atoms with Crippen LogP contribution in [0, 0.1) is 5.92 Å². The van der Waals surface area contributed by atoms with Gasteiger partial charge >= 0.3 is 7.32 Å². The highest BCUT2D eigenvalue weighted by atomic mass is 32.2. The summed E-state index contributed by atoms with van der Waals surface area (Å²) in [6.07, 6.45) is 1.54. The molecule has 2 N–H and O–H groups in total. The van der Waals surface area contributed by atoms with E-state index in [-0.39, 0.29) is 28.1 Å². The Balaban J connectivity index is 1.94. The Hall–Kier alpha value is -2.89. The molecule has 0 amide bonds. The number of hydrogen-bond acceptors (Lipinski definition) is 8. The standard InChI is InChI=1S/C19H22BN3O6S/c1-13(2)12-23(19-15-6-4-5-7-18(15)30(26,27)22-19)21-11-14-8-9-16(29-20(24)25)17(10-14)28-3/h4-11,13,24-25H,12H2,1-3H3/b21-11+. The molecule has 0 spiro atoms. The van der Waals surface area contributed by atoms with Crippen molar-refractivity contribution in [2.45, 2.75) is 18.7 Å². The molecule has 0 unspecified atom stereocenters. The van der Waals surface area contributed by atoms with Gasteiger partial charge in [0, 0.05) is 12.1 Å². The topological polar surface area (TPSA) is 121 Å². The molecule has 0 saturated heterocycles. The molecule has 0 fully saturated rings. The van der Waals surface area contributed by atoms with Crippen LogP contribution >= 0.6 is 0 Å². The molecule has 9 nitrogen and oxygen atoms in total. The maximum Gasteiger partial charge on any atom is 0.707 e. The van der Waals surface area contributed by atoms with Crippen LogP contribution in [0.1, 0.15) is 25.0 Å². The van der Waals surface area contributed by atoms with Gasteiger partial charge in [0.15, 0.2) is 11.6 Å². The lowest BCUT2D eigenvalue weighted by Crippen LogP contribution is -2.29. The maximum absolute atomic E-state index is 12.4. The average Bonchev–Trinajstić information content (AvgIpc) is 2.96. The van der Waals surface area contributed by atoms with Crippen LogP contribution in [-0.4, -0.2) is 56.5 Å². The highest BCUT2D eigenvalue weighted by Gasteiger charge is 2.31. The summed E-state index contributed by atoms with van der Waals surface area (Å²) in [5.74, 6) is 0.903. The minimum absolute atomic E-state index is 0.156. The number of amidine groups is 1. The molecule has 1 heterocycles. The van der Waals surface area contributed by atoms with E-state index in [1.54, 1.807) is 41.6 Å². The summed E-state index contributed by atoms with van der Waals surface area (Å²) >= 11 is 0. The Morgan fingerprint density at radius 3 is 2.60 bits per heavy atom. The summed E-state index contributed by atoms with van der Waals surface area (Å²) in [5.41, 5.74) is 1.14. The van der Waals surface area contributed by atoms with Crippen molar-refractivity contribution in [2.75, 3.05) is 13.7 Å². The highest BCUT2D eigenvalue weighted by molar-refractivity contribution is 7.90. The zero-order valence-electron chi connectivity index (χ0n) is 16.8. The highest BCUT2D eigenvalue weighted by Crippen LogP contribution is 2.29. The first-order chi connectivity index (χ1) is 14.2. The normalized spacial score (nSPS) is 14.5. The fraction of sp³-hybridized carbons (Fsp3) is 0.263. The zero-order valence-corrected chi connectivity index (χ0v) is 17.6. The van der Waals surface area contributed by atoms with Gasteiger partial charge in [-0.1, -0.05) is 26.0 Å². The third-order valence-corrected chi connectivity index (χ3v) is 5.49. The van der Waals surface area contributed by atoms with E-state index in [4.69, 9.17) is 19.4 Å². The van der Waals surface area contributed by atoms with Gasteiger partial charge in [-0.2, -0.15) is 13.5 Å². The summed E-state index contributed by atoms with van der Waals surface area (Å²) in [4.78, 5) is 0.162. The molecule has 11 heteroatoms. The summed E-state index contributed by atoms with van der Waals surface area (Å²) < 4.78 is 38.8. The molecular weight excluding hydrogens is 409 g/mol. The summed E-state index contributed by atoms with van der Waals surface area (Å²) in [5, 5.41) is 24.0. The molecule has 2 aromatic carbocycles. The van der Waals surface area contributed by atoms with E-state index < -0.39 is 17.3 Å². The van der Waals surface area contributed by atoms with Gasteiger partial charge in [-0.3, -0.25) is 0 Å². The monoisotopic (exact) mass is 431 g/mol. The van der Waals surface area contributed by atoms with Gasteiger partial charge in [-0.25, -0.2) is 5.01 Å². The minimum atomic E-state index is -3.76. The predicted octanol–water partition coefficient (Wildman–Crippen LogP) is 1.48. The van der Waals surface area contributed by atoms with Gasteiger partial charge in [0.2, 0.25) is 0 Å². The lowest BCUT2D eigenvalue weighted by Gasteiger charge is -2.21. The van der Waals surface area contributed by atoms with Crippen molar-refractivity contribution in [1.82, 2.24) is 5.01 Å². The quantitative estimate of drug-likeness (QED) is 0.387. The van der Waals surface area contributed by atoms with E-state index in [1.165, 1.54) is 19.2 Å². The SMILES string of the molecule is COc1cc(/C=N/N(CC(C)C)C2=NS(=O)(=O)c3ccccc32)ccc1OB(O)O. The van der Waals surface area contributed by atoms with E-state index >= 15 is 0 Å². The molecule has 0 atom stereocenters. The smallest absolute Gasteiger partial charge is 0.509 e. The van der Waals surface area contributed by atoms with E-state index in [0.29, 0.717) is 17.7 Å². The maximum atomic E-state index is 12.4. The number of fused-ring (bicyclic) bond motifs is 1. The Morgan fingerprint density at radius 1 is 1.20 bits per heavy atom. The van der Waals surface area contributed by atoms with Crippen LogP contribution < -0.4 is 9.39 Å². The molecule has 0 saturated carbocycles. The van der Waals surface area contributed by atoms with Crippen LogP contribution in [0.4, 0.5) is 0 Å². The van der Waals surface area contributed by atoms with Crippen molar-refractivity contribution in [3.63, 3.8) is 0 Å².